The quantitative estimate of drug-likeness (QED) is 0.563. The van der Waals surface area contributed by atoms with Gasteiger partial charge in [-0.3, -0.25) is 0 Å². The molecule has 0 N–H and O–H groups in total. The smallest absolute Gasteiger partial charge is 0.156 e. The zero-order valence-corrected chi connectivity index (χ0v) is 21.0. The Hall–Kier alpha value is -0.500. The Bertz CT molecular complexity index is 650. The molecule has 6 nitrogen and oxygen atoms in total. The maximum Gasteiger partial charge on any atom is 0.156 e. The van der Waals surface area contributed by atoms with Crippen LogP contribution < -0.4 is 0 Å². The summed E-state index contributed by atoms with van der Waals surface area (Å²) in [5.74, 6) is 1.73. The highest BCUT2D eigenvalue weighted by Crippen LogP contribution is 2.61. The van der Waals surface area contributed by atoms with Crippen LogP contribution in [0.2, 0.25) is 0 Å². The van der Waals surface area contributed by atoms with E-state index in [1.54, 1.807) is 0 Å². The van der Waals surface area contributed by atoms with Gasteiger partial charge in [0.25, 0.3) is 0 Å². The Morgan fingerprint density at radius 2 is 1.78 bits per heavy atom. The molecule has 4 rings (SSSR count). The van der Waals surface area contributed by atoms with Crippen molar-refractivity contribution in [3.63, 3.8) is 0 Å². The van der Waals surface area contributed by atoms with E-state index >= 15 is 0 Å². The van der Waals surface area contributed by atoms with Crippen LogP contribution in [0.3, 0.4) is 0 Å². The van der Waals surface area contributed by atoms with E-state index in [2.05, 4.69) is 26.0 Å². The van der Waals surface area contributed by atoms with Crippen molar-refractivity contribution in [2.45, 2.75) is 95.3 Å². The summed E-state index contributed by atoms with van der Waals surface area (Å²) in [7, 11) is 7.35. The molecular weight excluding hydrogens is 408 g/mol. The fourth-order valence-corrected chi connectivity index (χ4v) is 7.93. The molecule has 0 amide bonds. The molecule has 4 aliphatic rings. The van der Waals surface area contributed by atoms with Crippen molar-refractivity contribution < 1.29 is 28.4 Å². The Balaban J connectivity index is 1.84. The molecule has 184 valence electrons. The number of rotatable bonds is 6. The van der Waals surface area contributed by atoms with E-state index in [-0.39, 0.29) is 42.7 Å². The summed E-state index contributed by atoms with van der Waals surface area (Å²) >= 11 is 0. The molecular formula is C26H44O6. The topological polar surface area (TPSA) is 55.4 Å². The fourth-order valence-electron chi connectivity index (χ4n) is 7.93. The first-order chi connectivity index (χ1) is 15.4. The highest BCUT2D eigenvalue weighted by molar-refractivity contribution is 5.18. The minimum absolute atomic E-state index is 0.00604. The number of hydrogen-bond acceptors (Lipinski definition) is 6. The minimum Gasteiger partial charge on any atom is -0.381 e. The van der Waals surface area contributed by atoms with Crippen LogP contribution in [0.25, 0.3) is 0 Å². The lowest BCUT2D eigenvalue weighted by atomic mass is 9.69. The molecule has 0 radical (unpaired) electrons. The Labute approximate surface area is 194 Å². The average Bonchev–Trinajstić information content (AvgIpc) is 3.26. The third kappa shape index (κ3) is 3.89. The zero-order valence-electron chi connectivity index (χ0n) is 21.0. The highest BCUT2D eigenvalue weighted by atomic mass is 16.7. The van der Waals surface area contributed by atoms with Crippen molar-refractivity contribution in [2.75, 3.05) is 28.4 Å². The van der Waals surface area contributed by atoms with E-state index in [0.29, 0.717) is 23.7 Å². The molecule has 3 aliphatic carbocycles. The van der Waals surface area contributed by atoms with Gasteiger partial charge in [-0.25, -0.2) is 0 Å². The monoisotopic (exact) mass is 452 g/mol. The van der Waals surface area contributed by atoms with Crippen LogP contribution in [0.5, 0.6) is 0 Å². The summed E-state index contributed by atoms with van der Waals surface area (Å²) in [5.41, 5.74) is -0.469. The summed E-state index contributed by atoms with van der Waals surface area (Å²) in [6.07, 6.45) is 9.53. The highest BCUT2D eigenvalue weighted by Gasteiger charge is 2.70. The number of hydrogen-bond donors (Lipinski definition) is 0. The number of ether oxygens (including phenoxy) is 6. The Kier molecular flexibility index (Phi) is 7.70. The van der Waals surface area contributed by atoms with E-state index in [1.165, 1.54) is 0 Å². The molecule has 1 spiro atoms. The second-order valence-electron chi connectivity index (χ2n) is 10.4. The van der Waals surface area contributed by atoms with Crippen LogP contribution in [0, 0.1) is 29.6 Å². The van der Waals surface area contributed by atoms with Crippen LogP contribution in [0.15, 0.2) is 12.2 Å². The van der Waals surface area contributed by atoms with Crippen LogP contribution in [-0.4, -0.2) is 70.9 Å². The van der Waals surface area contributed by atoms with Gasteiger partial charge in [-0.1, -0.05) is 26.0 Å². The molecule has 1 heterocycles. The van der Waals surface area contributed by atoms with Gasteiger partial charge in [0.1, 0.15) is 5.60 Å². The molecule has 3 fully saturated rings. The summed E-state index contributed by atoms with van der Waals surface area (Å²) in [4.78, 5) is 0. The maximum atomic E-state index is 6.86. The molecule has 8 unspecified atom stereocenters. The predicted octanol–water partition coefficient (Wildman–Crippen LogP) is 4.21. The zero-order chi connectivity index (χ0) is 23.0. The van der Waals surface area contributed by atoms with Crippen LogP contribution in [-0.2, 0) is 28.4 Å². The minimum atomic E-state index is -0.469. The molecule has 0 aromatic rings. The van der Waals surface area contributed by atoms with E-state index in [0.717, 1.165) is 32.1 Å². The lowest BCUT2D eigenvalue weighted by molar-refractivity contribution is -0.166. The van der Waals surface area contributed by atoms with E-state index in [9.17, 15) is 0 Å². The number of fused-ring (bicyclic) bond motifs is 2. The van der Waals surface area contributed by atoms with Gasteiger partial charge in [0.2, 0.25) is 0 Å². The first-order valence-corrected chi connectivity index (χ1v) is 12.6. The Morgan fingerprint density at radius 1 is 1.00 bits per heavy atom. The van der Waals surface area contributed by atoms with Crippen molar-refractivity contribution in [1.29, 1.82) is 0 Å². The fraction of sp³-hybridized carbons (Fsp3) is 0.923. The predicted molar refractivity (Wildman–Crippen MR) is 122 cm³/mol. The third-order valence-corrected chi connectivity index (χ3v) is 9.06. The van der Waals surface area contributed by atoms with Gasteiger partial charge in [0.05, 0.1) is 30.5 Å². The van der Waals surface area contributed by atoms with Crippen molar-refractivity contribution in [1.82, 2.24) is 0 Å². The Morgan fingerprint density at radius 3 is 2.41 bits per heavy atom. The summed E-state index contributed by atoms with van der Waals surface area (Å²) < 4.78 is 37.7. The van der Waals surface area contributed by atoms with Gasteiger partial charge in [-0.2, -0.15) is 0 Å². The lowest BCUT2D eigenvalue weighted by Gasteiger charge is -2.43. The molecule has 6 heteroatoms. The first kappa shape index (κ1) is 24.6. The molecule has 2 saturated carbocycles. The van der Waals surface area contributed by atoms with Crippen molar-refractivity contribution in [2.24, 2.45) is 29.6 Å². The van der Waals surface area contributed by atoms with Gasteiger partial charge >= 0.3 is 0 Å². The second-order valence-corrected chi connectivity index (χ2v) is 10.4. The summed E-state index contributed by atoms with van der Waals surface area (Å²) in [5, 5.41) is 0. The second kappa shape index (κ2) is 10.0. The van der Waals surface area contributed by atoms with Gasteiger partial charge in [0, 0.05) is 34.4 Å². The van der Waals surface area contributed by atoms with Gasteiger partial charge in [0.15, 0.2) is 6.29 Å². The van der Waals surface area contributed by atoms with Gasteiger partial charge in [-0.05, 0) is 62.7 Å². The third-order valence-electron chi connectivity index (χ3n) is 9.06. The molecule has 1 saturated heterocycles. The maximum absolute atomic E-state index is 6.86. The number of methoxy groups -OCH3 is 4. The van der Waals surface area contributed by atoms with Crippen LogP contribution >= 0.6 is 0 Å². The van der Waals surface area contributed by atoms with Gasteiger partial charge < -0.3 is 28.4 Å². The molecule has 0 bridgehead atoms. The molecule has 32 heavy (non-hydrogen) atoms. The largest absolute Gasteiger partial charge is 0.381 e. The standard InChI is InChI=1S/C26H44O6/c1-8-22(28-5)20-14-21-18-13-17(27-4)10-9-11-23(29-6)19(18)12-15(2)24-26(21,25(20)30-7)32-16(3)31-24/h9-10,15-25H,8,11-14H2,1-7H3/b10-9-/t15-,16?,17+,18?,19?,20-,21?,22?,23?,24?,25+,26?/m1/s1. The lowest BCUT2D eigenvalue weighted by Crippen LogP contribution is -2.57. The van der Waals surface area contributed by atoms with E-state index in [4.69, 9.17) is 28.4 Å². The molecule has 0 aromatic heterocycles. The molecule has 1 aliphatic heterocycles. The van der Waals surface area contributed by atoms with Crippen LogP contribution in [0.4, 0.5) is 0 Å². The van der Waals surface area contributed by atoms with E-state index in [1.807, 2.05) is 35.4 Å². The molecule has 0 aromatic carbocycles. The SMILES string of the molecule is CCC(OC)[C@H]1CC2C3C[C@@H](OC)/C=C\CC(OC)C3C[C@@H](C)C3OC(C)OC23[C@H]1OC. The van der Waals surface area contributed by atoms with E-state index < -0.39 is 5.60 Å². The van der Waals surface area contributed by atoms with Crippen molar-refractivity contribution in [3.05, 3.63) is 12.2 Å². The molecule has 12 atom stereocenters. The van der Waals surface area contributed by atoms with Gasteiger partial charge in [-0.15, -0.1) is 0 Å². The summed E-state index contributed by atoms with van der Waals surface area (Å²) in [6, 6.07) is 0. The average molecular weight is 453 g/mol. The van der Waals surface area contributed by atoms with Crippen LogP contribution in [0.1, 0.15) is 52.9 Å². The van der Waals surface area contributed by atoms with Crippen molar-refractivity contribution >= 4 is 0 Å². The normalized spacial score (nSPS) is 50.5. The van der Waals surface area contributed by atoms with Crippen molar-refractivity contribution in [3.8, 4) is 0 Å². The first-order valence-electron chi connectivity index (χ1n) is 12.6. The summed E-state index contributed by atoms with van der Waals surface area (Å²) in [6.45, 7) is 6.57.